The number of aromatic nitrogens is 2. The predicted molar refractivity (Wildman–Crippen MR) is 67.0 cm³/mol. The van der Waals surface area contributed by atoms with E-state index in [1.165, 1.54) is 5.69 Å². The summed E-state index contributed by atoms with van der Waals surface area (Å²) in [5.41, 5.74) is 3.33. The van der Waals surface area contributed by atoms with E-state index < -0.39 is 0 Å². The number of rotatable bonds is 1. The highest BCUT2D eigenvalue weighted by atomic mass is 16.2. The summed E-state index contributed by atoms with van der Waals surface area (Å²) in [7, 11) is 0. The molecule has 2 aromatic heterocycles. The van der Waals surface area contributed by atoms with E-state index in [4.69, 9.17) is 0 Å². The number of nitrogens with zero attached hydrogens (tertiary/aromatic N) is 3. The van der Waals surface area contributed by atoms with Crippen LogP contribution in [0.1, 0.15) is 24.2 Å². The molecule has 4 heteroatoms. The van der Waals surface area contributed by atoms with E-state index in [2.05, 4.69) is 9.38 Å². The molecule has 1 aliphatic heterocycles. The van der Waals surface area contributed by atoms with E-state index in [1.54, 1.807) is 0 Å². The van der Waals surface area contributed by atoms with E-state index in [-0.39, 0.29) is 0 Å². The minimum atomic E-state index is 0.311. The van der Waals surface area contributed by atoms with Gasteiger partial charge in [-0.2, -0.15) is 0 Å². The fraction of sp³-hybridized carbons (Fsp3) is 0.429. The fourth-order valence-corrected chi connectivity index (χ4v) is 2.74. The average molecular weight is 241 g/mol. The number of hydrogen-bond donors (Lipinski definition) is 0. The van der Waals surface area contributed by atoms with Crippen LogP contribution in [0.2, 0.25) is 0 Å². The van der Waals surface area contributed by atoms with E-state index in [1.807, 2.05) is 29.3 Å². The summed E-state index contributed by atoms with van der Waals surface area (Å²) < 4.78 is 2.11. The molecule has 2 aliphatic rings. The van der Waals surface area contributed by atoms with Crippen LogP contribution in [0.3, 0.4) is 0 Å². The molecule has 0 bridgehead atoms. The lowest BCUT2D eigenvalue weighted by molar-refractivity contribution is -0.133. The highest BCUT2D eigenvalue weighted by Gasteiger charge is 2.35. The van der Waals surface area contributed by atoms with E-state index in [9.17, 15) is 4.79 Å². The number of pyridine rings is 1. The van der Waals surface area contributed by atoms with Crippen LogP contribution in [0, 0.1) is 5.92 Å². The predicted octanol–water partition coefficient (Wildman–Crippen LogP) is 1.63. The molecule has 0 aromatic carbocycles. The Hall–Kier alpha value is -1.84. The molecule has 18 heavy (non-hydrogen) atoms. The van der Waals surface area contributed by atoms with Crippen LogP contribution >= 0.6 is 0 Å². The molecule has 4 nitrogen and oxygen atoms in total. The summed E-state index contributed by atoms with van der Waals surface area (Å²) in [5.74, 6) is 0.650. The van der Waals surface area contributed by atoms with Gasteiger partial charge < -0.3 is 9.30 Å². The summed E-state index contributed by atoms with van der Waals surface area (Å²) in [6.07, 6.45) is 5.08. The molecule has 0 atom stereocenters. The van der Waals surface area contributed by atoms with Gasteiger partial charge >= 0.3 is 0 Å². The molecule has 4 rings (SSSR count). The first-order chi connectivity index (χ1) is 8.83. The molecule has 1 amide bonds. The van der Waals surface area contributed by atoms with Gasteiger partial charge in [-0.3, -0.25) is 4.79 Å². The monoisotopic (exact) mass is 241 g/mol. The lowest BCUT2D eigenvalue weighted by Gasteiger charge is -2.26. The Balaban J connectivity index is 1.72. The standard InChI is InChI=1S/C14H15N3O/c18-14(10-4-5-10)16-8-6-11-12(9-16)17-7-2-1-3-13(17)15-11/h1-3,7,10H,4-6,8-9H2. The topological polar surface area (TPSA) is 37.6 Å². The van der Waals surface area contributed by atoms with Gasteiger partial charge in [0.25, 0.3) is 0 Å². The molecular weight excluding hydrogens is 226 g/mol. The first-order valence-corrected chi connectivity index (χ1v) is 6.56. The van der Waals surface area contributed by atoms with Gasteiger partial charge in [0.2, 0.25) is 5.91 Å². The van der Waals surface area contributed by atoms with Crippen molar-refractivity contribution in [2.75, 3.05) is 6.54 Å². The molecule has 1 fully saturated rings. The van der Waals surface area contributed by atoms with Gasteiger partial charge in [-0.1, -0.05) is 6.07 Å². The van der Waals surface area contributed by atoms with Gasteiger partial charge in [0, 0.05) is 25.1 Å². The van der Waals surface area contributed by atoms with Crippen LogP contribution in [0.5, 0.6) is 0 Å². The smallest absolute Gasteiger partial charge is 0.226 e. The average Bonchev–Trinajstić information content (AvgIpc) is 3.18. The van der Waals surface area contributed by atoms with Crippen molar-refractivity contribution in [3.05, 3.63) is 35.8 Å². The lowest BCUT2D eigenvalue weighted by atomic mass is 10.1. The van der Waals surface area contributed by atoms with E-state index in [0.717, 1.165) is 43.7 Å². The van der Waals surface area contributed by atoms with E-state index >= 15 is 0 Å². The van der Waals surface area contributed by atoms with Crippen LogP contribution in [-0.4, -0.2) is 26.7 Å². The van der Waals surface area contributed by atoms with Crippen LogP contribution in [0.4, 0.5) is 0 Å². The molecule has 1 saturated carbocycles. The Kier molecular flexibility index (Phi) is 2.01. The van der Waals surface area contributed by atoms with Crippen molar-refractivity contribution in [3.63, 3.8) is 0 Å². The summed E-state index contributed by atoms with van der Waals surface area (Å²) >= 11 is 0. The second kappa shape index (κ2) is 3.57. The second-order valence-corrected chi connectivity index (χ2v) is 5.22. The SMILES string of the molecule is O=C(C1CC1)N1CCc2nc3ccccn3c2C1. The van der Waals surface area contributed by atoms with Gasteiger partial charge in [0.1, 0.15) is 5.65 Å². The summed E-state index contributed by atoms with van der Waals surface area (Å²) in [5, 5.41) is 0. The highest BCUT2D eigenvalue weighted by molar-refractivity contribution is 5.81. The molecular formula is C14H15N3O. The van der Waals surface area contributed by atoms with Gasteiger partial charge in [-0.05, 0) is 25.0 Å². The maximum absolute atomic E-state index is 12.1. The number of imidazole rings is 1. The third-order valence-electron chi connectivity index (χ3n) is 3.91. The van der Waals surface area contributed by atoms with Crippen molar-refractivity contribution < 1.29 is 4.79 Å². The van der Waals surface area contributed by atoms with Crippen LogP contribution in [0.25, 0.3) is 5.65 Å². The van der Waals surface area contributed by atoms with Gasteiger partial charge in [0.15, 0.2) is 0 Å². The molecule has 0 radical (unpaired) electrons. The number of hydrogen-bond acceptors (Lipinski definition) is 2. The van der Waals surface area contributed by atoms with Gasteiger partial charge in [-0.25, -0.2) is 4.98 Å². The van der Waals surface area contributed by atoms with Crippen molar-refractivity contribution in [1.29, 1.82) is 0 Å². The summed E-state index contributed by atoms with van der Waals surface area (Å²) in [4.78, 5) is 18.8. The number of amides is 1. The Bertz CT molecular complexity index is 627. The second-order valence-electron chi connectivity index (χ2n) is 5.22. The normalized spacial score (nSPS) is 19.0. The van der Waals surface area contributed by atoms with Crippen LogP contribution < -0.4 is 0 Å². The van der Waals surface area contributed by atoms with Crippen molar-refractivity contribution in [3.8, 4) is 0 Å². The number of carbonyl (C=O) groups excluding carboxylic acids is 1. The zero-order chi connectivity index (χ0) is 12.1. The molecule has 92 valence electrons. The summed E-state index contributed by atoms with van der Waals surface area (Å²) in [6, 6.07) is 6.03. The quantitative estimate of drug-likeness (QED) is 0.761. The Morgan fingerprint density at radius 1 is 1.33 bits per heavy atom. The van der Waals surface area contributed by atoms with Gasteiger partial charge in [-0.15, -0.1) is 0 Å². The number of fused-ring (bicyclic) bond motifs is 3. The maximum Gasteiger partial charge on any atom is 0.226 e. The van der Waals surface area contributed by atoms with Crippen LogP contribution in [-0.2, 0) is 17.8 Å². The first kappa shape index (κ1) is 10.1. The molecule has 2 aromatic rings. The Morgan fingerprint density at radius 3 is 3.06 bits per heavy atom. The zero-order valence-corrected chi connectivity index (χ0v) is 10.2. The minimum Gasteiger partial charge on any atom is -0.336 e. The molecule has 0 saturated heterocycles. The van der Waals surface area contributed by atoms with Crippen LogP contribution in [0.15, 0.2) is 24.4 Å². The molecule has 1 aliphatic carbocycles. The van der Waals surface area contributed by atoms with Gasteiger partial charge in [0.05, 0.1) is 17.9 Å². The van der Waals surface area contributed by atoms with Crippen molar-refractivity contribution in [2.45, 2.75) is 25.8 Å². The Labute approximate surface area is 105 Å². The van der Waals surface area contributed by atoms with Crippen molar-refractivity contribution in [1.82, 2.24) is 14.3 Å². The molecule has 3 heterocycles. The van der Waals surface area contributed by atoms with Crippen molar-refractivity contribution >= 4 is 11.6 Å². The molecule has 0 unspecified atom stereocenters. The highest BCUT2D eigenvalue weighted by Crippen LogP contribution is 2.32. The molecule has 0 spiro atoms. The zero-order valence-electron chi connectivity index (χ0n) is 10.2. The molecule has 0 N–H and O–H groups in total. The minimum absolute atomic E-state index is 0.311. The third-order valence-corrected chi connectivity index (χ3v) is 3.91. The summed E-state index contributed by atoms with van der Waals surface area (Å²) in [6.45, 7) is 1.54. The fourth-order valence-electron chi connectivity index (χ4n) is 2.74. The largest absolute Gasteiger partial charge is 0.336 e. The third kappa shape index (κ3) is 1.45. The van der Waals surface area contributed by atoms with E-state index in [0.29, 0.717) is 11.8 Å². The first-order valence-electron chi connectivity index (χ1n) is 6.56. The lowest BCUT2D eigenvalue weighted by Crippen LogP contribution is -2.37. The Morgan fingerprint density at radius 2 is 2.22 bits per heavy atom. The van der Waals surface area contributed by atoms with Crippen molar-refractivity contribution in [2.24, 2.45) is 5.92 Å². The maximum atomic E-state index is 12.1. The number of carbonyl (C=O) groups is 1.